The first-order valence-electron chi connectivity index (χ1n) is 7.58. The number of carbonyl (C=O) groups is 3. The van der Waals surface area contributed by atoms with Gasteiger partial charge in [0.1, 0.15) is 0 Å². The normalized spacial score (nSPS) is 13.8. The monoisotopic (exact) mass is 362 g/mol. The summed E-state index contributed by atoms with van der Waals surface area (Å²) in [5, 5.41) is 1.68. The van der Waals surface area contributed by atoms with E-state index in [1.54, 1.807) is 24.4 Å². The number of nitrogens with one attached hydrogen (secondary N) is 1. The van der Waals surface area contributed by atoms with Gasteiger partial charge in [0.25, 0.3) is 11.8 Å². The second-order valence-electron chi connectivity index (χ2n) is 5.88. The molecule has 1 aliphatic rings. The van der Waals surface area contributed by atoms with Crippen LogP contribution >= 0.6 is 0 Å². The Balaban J connectivity index is 1.98. The van der Waals surface area contributed by atoms with E-state index in [-0.39, 0.29) is 16.8 Å². The van der Waals surface area contributed by atoms with Crippen LogP contribution in [0, 0.1) is 13.8 Å². The SMILES string of the molecule is Cc1cccc(N2C(=O)c3ccc(NC(=O)C(F)(F)F)cc3C2=O)c1C. The predicted octanol–water partition coefficient (Wildman–Crippen LogP) is 3.60. The molecular formula is C18H13F3N2O3. The smallest absolute Gasteiger partial charge is 0.318 e. The molecule has 1 heterocycles. The Hall–Kier alpha value is -3.16. The van der Waals surface area contributed by atoms with Gasteiger partial charge in [0, 0.05) is 5.69 Å². The molecule has 0 atom stereocenters. The van der Waals surface area contributed by atoms with Crippen LogP contribution < -0.4 is 10.2 Å². The number of aryl methyl sites for hydroxylation is 1. The van der Waals surface area contributed by atoms with Crippen LogP contribution in [0.15, 0.2) is 36.4 Å². The molecule has 26 heavy (non-hydrogen) atoms. The number of imide groups is 1. The fraction of sp³-hybridized carbons (Fsp3) is 0.167. The number of amides is 3. The lowest BCUT2D eigenvalue weighted by Gasteiger charge is -2.17. The van der Waals surface area contributed by atoms with Crippen LogP contribution in [0.25, 0.3) is 0 Å². The van der Waals surface area contributed by atoms with Crippen molar-refractivity contribution in [1.29, 1.82) is 0 Å². The summed E-state index contributed by atoms with van der Waals surface area (Å²) in [4.78, 5) is 37.3. The fourth-order valence-corrected chi connectivity index (χ4v) is 2.72. The molecule has 1 N–H and O–H groups in total. The van der Waals surface area contributed by atoms with Crippen molar-refractivity contribution in [2.75, 3.05) is 10.2 Å². The van der Waals surface area contributed by atoms with Crippen LogP contribution in [0.2, 0.25) is 0 Å². The fourth-order valence-electron chi connectivity index (χ4n) is 2.72. The van der Waals surface area contributed by atoms with E-state index >= 15 is 0 Å². The first-order chi connectivity index (χ1) is 12.1. The van der Waals surface area contributed by atoms with Crippen molar-refractivity contribution in [3.05, 3.63) is 58.7 Å². The molecular weight excluding hydrogens is 349 g/mol. The number of carbonyl (C=O) groups excluding carboxylic acids is 3. The van der Waals surface area contributed by atoms with Gasteiger partial charge in [-0.25, -0.2) is 4.90 Å². The van der Waals surface area contributed by atoms with E-state index in [1.165, 1.54) is 6.07 Å². The van der Waals surface area contributed by atoms with Gasteiger partial charge < -0.3 is 5.32 Å². The molecule has 2 aromatic carbocycles. The summed E-state index contributed by atoms with van der Waals surface area (Å²) >= 11 is 0. The number of hydrogen-bond acceptors (Lipinski definition) is 3. The highest BCUT2D eigenvalue weighted by Gasteiger charge is 2.40. The van der Waals surface area contributed by atoms with Gasteiger partial charge in [-0.05, 0) is 49.2 Å². The van der Waals surface area contributed by atoms with Crippen LogP contribution in [0.3, 0.4) is 0 Å². The zero-order chi connectivity index (χ0) is 19.2. The number of benzene rings is 2. The zero-order valence-electron chi connectivity index (χ0n) is 13.8. The van der Waals surface area contributed by atoms with E-state index < -0.39 is 23.9 Å². The molecule has 0 bridgehead atoms. The van der Waals surface area contributed by atoms with Crippen molar-refractivity contribution >= 4 is 29.1 Å². The molecule has 0 saturated carbocycles. The summed E-state index contributed by atoms with van der Waals surface area (Å²) in [6.07, 6.45) is -5.05. The maximum absolute atomic E-state index is 12.7. The summed E-state index contributed by atoms with van der Waals surface area (Å²) < 4.78 is 37.1. The number of anilines is 2. The number of halogens is 3. The minimum absolute atomic E-state index is 0.0594. The molecule has 5 nitrogen and oxygen atoms in total. The van der Waals surface area contributed by atoms with E-state index in [4.69, 9.17) is 0 Å². The van der Waals surface area contributed by atoms with Crippen LogP contribution in [-0.4, -0.2) is 23.9 Å². The van der Waals surface area contributed by atoms with Gasteiger partial charge in [-0.3, -0.25) is 14.4 Å². The largest absolute Gasteiger partial charge is 0.471 e. The van der Waals surface area contributed by atoms with Gasteiger partial charge in [0.05, 0.1) is 16.8 Å². The third-order valence-corrected chi connectivity index (χ3v) is 4.22. The highest BCUT2D eigenvalue weighted by molar-refractivity contribution is 6.35. The highest BCUT2D eigenvalue weighted by atomic mass is 19.4. The third kappa shape index (κ3) is 2.83. The molecule has 0 aliphatic carbocycles. The molecule has 3 rings (SSSR count). The lowest BCUT2D eigenvalue weighted by Crippen LogP contribution is -2.30. The van der Waals surface area contributed by atoms with Gasteiger partial charge in [-0.2, -0.15) is 13.2 Å². The van der Waals surface area contributed by atoms with Gasteiger partial charge in [-0.15, -0.1) is 0 Å². The maximum atomic E-state index is 12.7. The Morgan fingerprint density at radius 2 is 1.65 bits per heavy atom. The van der Waals surface area contributed by atoms with E-state index in [0.29, 0.717) is 5.69 Å². The Kier molecular flexibility index (Phi) is 4.06. The first-order valence-corrected chi connectivity index (χ1v) is 7.58. The van der Waals surface area contributed by atoms with Gasteiger partial charge in [-0.1, -0.05) is 12.1 Å². The number of nitrogens with zero attached hydrogens (tertiary/aromatic N) is 1. The Morgan fingerprint density at radius 1 is 1.00 bits per heavy atom. The molecule has 1 aliphatic heterocycles. The standard InChI is InChI=1S/C18H13F3N2O3/c1-9-4-3-5-14(10(9)2)23-15(24)12-7-6-11(8-13(12)16(23)25)22-17(26)18(19,20)21/h3-8H,1-2H3,(H,22,26). The average Bonchev–Trinajstić information content (AvgIpc) is 2.80. The van der Waals surface area contributed by atoms with Crippen molar-refractivity contribution in [2.24, 2.45) is 0 Å². The van der Waals surface area contributed by atoms with Crippen LogP contribution in [0.4, 0.5) is 24.5 Å². The molecule has 0 fully saturated rings. The quantitative estimate of drug-likeness (QED) is 0.830. The number of rotatable bonds is 2. The second kappa shape index (κ2) is 5.98. The van der Waals surface area contributed by atoms with E-state index in [0.717, 1.165) is 28.2 Å². The second-order valence-corrected chi connectivity index (χ2v) is 5.88. The topological polar surface area (TPSA) is 66.5 Å². The highest BCUT2D eigenvalue weighted by Crippen LogP contribution is 2.33. The first kappa shape index (κ1) is 17.7. The van der Waals surface area contributed by atoms with E-state index in [2.05, 4.69) is 0 Å². The van der Waals surface area contributed by atoms with Crippen molar-refractivity contribution in [3.8, 4) is 0 Å². The van der Waals surface area contributed by atoms with Crippen molar-refractivity contribution in [2.45, 2.75) is 20.0 Å². The third-order valence-electron chi connectivity index (χ3n) is 4.22. The van der Waals surface area contributed by atoms with Gasteiger partial charge in [0.2, 0.25) is 0 Å². The van der Waals surface area contributed by atoms with Gasteiger partial charge in [0.15, 0.2) is 0 Å². The molecule has 3 amide bonds. The number of alkyl halides is 3. The summed E-state index contributed by atoms with van der Waals surface area (Å²) in [5.41, 5.74) is 1.84. The van der Waals surface area contributed by atoms with E-state index in [1.807, 2.05) is 13.0 Å². The molecule has 0 saturated heterocycles. The van der Waals surface area contributed by atoms with Crippen LogP contribution in [0.5, 0.6) is 0 Å². The molecule has 0 unspecified atom stereocenters. The van der Waals surface area contributed by atoms with Crippen molar-refractivity contribution in [1.82, 2.24) is 0 Å². The zero-order valence-corrected chi connectivity index (χ0v) is 13.8. The molecule has 0 aromatic heterocycles. The summed E-state index contributed by atoms with van der Waals surface area (Å²) in [6, 6.07) is 8.62. The summed E-state index contributed by atoms with van der Waals surface area (Å²) in [7, 11) is 0. The van der Waals surface area contributed by atoms with Crippen molar-refractivity contribution in [3.63, 3.8) is 0 Å². The molecule has 0 radical (unpaired) electrons. The molecule has 0 spiro atoms. The van der Waals surface area contributed by atoms with Crippen LogP contribution in [0.1, 0.15) is 31.8 Å². The lowest BCUT2D eigenvalue weighted by atomic mass is 10.1. The Morgan fingerprint density at radius 3 is 2.31 bits per heavy atom. The minimum atomic E-state index is -5.05. The Labute approximate surface area is 146 Å². The molecule has 2 aromatic rings. The Bertz CT molecular complexity index is 951. The summed E-state index contributed by atoms with van der Waals surface area (Å²) in [6.45, 7) is 3.60. The van der Waals surface area contributed by atoms with E-state index in [9.17, 15) is 27.6 Å². The van der Waals surface area contributed by atoms with Crippen LogP contribution in [-0.2, 0) is 4.79 Å². The van der Waals surface area contributed by atoms with Crippen molar-refractivity contribution < 1.29 is 27.6 Å². The lowest BCUT2D eigenvalue weighted by molar-refractivity contribution is -0.167. The number of hydrogen-bond donors (Lipinski definition) is 1. The predicted molar refractivity (Wildman–Crippen MR) is 88.2 cm³/mol. The average molecular weight is 362 g/mol. The number of fused-ring (bicyclic) bond motifs is 1. The summed E-state index contributed by atoms with van der Waals surface area (Å²) in [5.74, 6) is -3.37. The molecule has 8 heteroatoms. The molecule has 134 valence electrons. The van der Waals surface area contributed by atoms with Gasteiger partial charge >= 0.3 is 12.1 Å². The maximum Gasteiger partial charge on any atom is 0.471 e. The minimum Gasteiger partial charge on any atom is -0.318 e.